The fraction of sp³-hybridized carbons (Fsp3) is 0.524. The topological polar surface area (TPSA) is 75.3 Å². The number of hydrogen-bond donors (Lipinski definition) is 1. The van der Waals surface area contributed by atoms with Crippen LogP contribution >= 0.6 is 0 Å². The minimum atomic E-state index is -0.874. The Bertz CT molecular complexity index is 895. The van der Waals surface area contributed by atoms with Crippen LogP contribution in [-0.2, 0) is 29.0 Å². The molecule has 2 aromatic rings. The van der Waals surface area contributed by atoms with Crippen molar-refractivity contribution >= 4 is 23.0 Å². The summed E-state index contributed by atoms with van der Waals surface area (Å²) in [6.07, 6.45) is 5.34. The number of aromatic nitrogens is 2. The molecule has 8 heteroatoms. The van der Waals surface area contributed by atoms with Crippen molar-refractivity contribution in [1.29, 1.82) is 0 Å². The molecular formula is C21H27FN4O2S. The Hall–Kier alpha value is -1.90. The molecule has 1 saturated heterocycles. The van der Waals surface area contributed by atoms with Gasteiger partial charge in [0.05, 0.1) is 11.9 Å². The lowest BCUT2D eigenvalue weighted by molar-refractivity contribution is -0.118. The predicted octanol–water partition coefficient (Wildman–Crippen LogP) is 3.06. The van der Waals surface area contributed by atoms with Gasteiger partial charge in [-0.3, -0.25) is 9.89 Å². The number of aromatic amines is 1. The van der Waals surface area contributed by atoms with Crippen molar-refractivity contribution in [2.24, 2.45) is 5.92 Å². The van der Waals surface area contributed by atoms with E-state index in [-0.39, 0.29) is 11.7 Å². The summed E-state index contributed by atoms with van der Waals surface area (Å²) in [5, 5.41) is 7.17. The summed E-state index contributed by atoms with van der Waals surface area (Å²) in [5.41, 5.74) is 3.51. The van der Waals surface area contributed by atoms with E-state index in [1.807, 2.05) is 17.3 Å². The van der Waals surface area contributed by atoms with E-state index in [4.69, 9.17) is 0 Å². The van der Waals surface area contributed by atoms with Crippen molar-refractivity contribution in [3.8, 4) is 11.3 Å². The van der Waals surface area contributed by atoms with E-state index in [9.17, 15) is 9.35 Å². The van der Waals surface area contributed by atoms with E-state index in [1.54, 1.807) is 19.3 Å². The molecule has 1 amide bonds. The number of anilines is 1. The SMILES string of the molecule is CC[S+]([O-])N1CCC(Cc2cn[nH]c2-c2ccc3c(c2F)CCC(=O)N3C)CC1. The summed E-state index contributed by atoms with van der Waals surface area (Å²) in [5.74, 6) is 0.887. The third-order valence-electron chi connectivity index (χ3n) is 6.15. The molecule has 156 valence electrons. The number of amides is 1. The molecule has 0 aliphatic carbocycles. The first kappa shape index (κ1) is 20.4. The zero-order valence-corrected chi connectivity index (χ0v) is 17.7. The van der Waals surface area contributed by atoms with Crippen LogP contribution in [0.4, 0.5) is 10.1 Å². The van der Waals surface area contributed by atoms with Gasteiger partial charge in [-0.05, 0) is 56.2 Å². The average Bonchev–Trinajstić information content (AvgIpc) is 3.19. The maximum Gasteiger partial charge on any atom is 0.227 e. The molecular weight excluding hydrogens is 391 g/mol. The first-order valence-corrected chi connectivity index (χ1v) is 11.5. The lowest BCUT2D eigenvalue weighted by atomic mass is 9.89. The maximum absolute atomic E-state index is 15.3. The highest BCUT2D eigenvalue weighted by Crippen LogP contribution is 2.36. The first-order chi connectivity index (χ1) is 14.0. The van der Waals surface area contributed by atoms with Crippen molar-refractivity contribution in [2.75, 3.05) is 30.8 Å². The molecule has 1 unspecified atom stereocenters. The Kier molecular flexibility index (Phi) is 5.94. The highest BCUT2D eigenvalue weighted by atomic mass is 32.2. The van der Waals surface area contributed by atoms with Crippen LogP contribution in [0, 0.1) is 11.7 Å². The normalized spacial score (nSPS) is 19.4. The molecule has 0 saturated carbocycles. The van der Waals surface area contributed by atoms with E-state index in [0.717, 1.165) is 43.6 Å². The molecule has 1 fully saturated rings. The number of fused-ring (bicyclic) bond motifs is 1. The van der Waals surface area contributed by atoms with E-state index >= 15 is 4.39 Å². The average molecular weight is 419 g/mol. The second kappa shape index (κ2) is 8.45. The van der Waals surface area contributed by atoms with Crippen LogP contribution in [-0.4, -0.2) is 50.9 Å². The standard InChI is InChI=1S/C21H27FN4O2S/c1-3-29(28)26-10-8-14(9-11-26)12-15-13-23-24-21(15)17-4-6-18-16(20(17)22)5-7-19(27)25(18)2/h4,6,13-14H,3,5,7-12H2,1-2H3,(H,23,24). The van der Waals surface area contributed by atoms with Crippen LogP contribution in [0.25, 0.3) is 11.3 Å². The molecule has 3 heterocycles. The highest BCUT2D eigenvalue weighted by Gasteiger charge is 2.29. The summed E-state index contributed by atoms with van der Waals surface area (Å²) in [6.45, 7) is 3.62. The Morgan fingerprint density at radius 1 is 1.31 bits per heavy atom. The number of nitrogens with one attached hydrogen (secondary N) is 1. The van der Waals surface area contributed by atoms with Gasteiger partial charge >= 0.3 is 0 Å². The molecule has 1 aromatic heterocycles. The van der Waals surface area contributed by atoms with E-state index < -0.39 is 11.4 Å². The van der Waals surface area contributed by atoms with Gasteiger partial charge in [0.25, 0.3) is 0 Å². The molecule has 0 bridgehead atoms. The van der Waals surface area contributed by atoms with E-state index in [1.165, 1.54) is 4.90 Å². The van der Waals surface area contributed by atoms with Crippen LogP contribution in [0.1, 0.15) is 37.3 Å². The van der Waals surface area contributed by atoms with Crippen LogP contribution in [0.3, 0.4) is 0 Å². The summed E-state index contributed by atoms with van der Waals surface area (Å²) in [7, 11) is 1.69. The van der Waals surface area contributed by atoms with Gasteiger partial charge in [0.1, 0.15) is 11.6 Å². The quantitative estimate of drug-likeness (QED) is 0.758. The molecule has 6 nitrogen and oxygen atoms in total. The maximum atomic E-state index is 15.3. The number of carbonyl (C=O) groups is 1. The zero-order chi connectivity index (χ0) is 20.5. The largest absolute Gasteiger partial charge is 0.598 e. The lowest BCUT2D eigenvalue weighted by Gasteiger charge is -2.31. The van der Waals surface area contributed by atoms with E-state index in [2.05, 4.69) is 10.2 Å². The summed E-state index contributed by atoms with van der Waals surface area (Å²) >= 11 is -0.874. The Labute approximate surface area is 173 Å². The number of nitrogens with zero attached hydrogens (tertiary/aromatic N) is 3. The minimum absolute atomic E-state index is 0.0159. The van der Waals surface area contributed by atoms with Gasteiger partial charge in [0, 0.05) is 54.7 Å². The number of piperidine rings is 1. The monoisotopic (exact) mass is 418 g/mol. The van der Waals surface area contributed by atoms with Gasteiger partial charge in [0.2, 0.25) is 5.91 Å². The van der Waals surface area contributed by atoms with Crippen molar-refractivity contribution in [1.82, 2.24) is 14.5 Å². The van der Waals surface area contributed by atoms with E-state index in [0.29, 0.717) is 41.3 Å². The van der Waals surface area contributed by atoms with Gasteiger partial charge in [0.15, 0.2) is 0 Å². The van der Waals surface area contributed by atoms with Crippen LogP contribution in [0.5, 0.6) is 0 Å². The highest BCUT2D eigenvalue weighted by molar-refractivity contribution is 7.89. The molecule has 0 spiro atoms. The van der Waals surface area contributed by atoms with Gasteiger partial charge in [-0.25, -0.2) is 4.39 Å². The third-order valence-corrected chi connectivity index (χ3v) is 7.58. The number of H-pyrrole nitrogens is 1. The van der Waals surface area contributed by atoms with Crippen molar-refractivity contribution in [3.05, 3.63) is 35.3 Å². The van der Waals surface area contributed by atoms with Crippen molar-refractivity contribution in [2.45, 2.75) is 39.0 Å². The molecule has 2 aliphatic rings. The number of halogens is 1. The number of carbonyl (C=O) groups excluding carboxylic acids is 1. The molecule has 1 atom stereocenters. The first-order valence-electron chi connectivity index (χ1n) is 10.2. The molecule has 2 aliphatic heterocycles. The van der Waals surface area contributed by atoms with Crippen LogP contribution in [0.2, 0.25) is 0 Å². The second-order valence-corrected chi connectivity index (χ2v) is 9.57. The van der Waals surface area contributed by atoms with Crippen LogP contribution < -0.4 is 4.90 Å². The molecule has 4 rings (SSSR count). The van der Waals surface area contributed by atoms with Gasteiger partial charge in [-0.2, -0.15) is 5.10 Å². The summed E-state index contributed by atoms with van der Waals surface area (Å²) in [6, 6.07) is 3.57. The Morgan fingerprint density at radius 3 is 2.79 bits per heavy atom. The molecule has 1 aromatic carbocycles. The Morgan fingerprint density at radius 2 is 2.07 bits per heavy atom. The van der Waals surface area contributed by atoms with Crippen LogP contribution in [0.15, 0.2) is 18.3 Å². The summed E-state index contributed by atoms with van der Waals surface area (Å²) < 4.78 is 29.4. The predicted molar refractivity (Wildman–Crippen MR) is 112 cm³/mol. The summed E-state index contributed by atoms with van der Waals surface area (Å²) in [4.78, 5) is 13.4. The van der Waals surface area contributed by atoms with Crippen molar-refractivity contribution in [3.63, 3.8) is 0 Å². The van der Waals surface area contributed by atoms with Crippen molar-refractivity contribution < 1.29 is 13.7 Å². The number of rotatable bonds is 5. The molecule has 1 N–H and O–H groups in total. The zero-order valence-electron chi connectivity index (χ0n) is 16.9. The fourth-order valence-electron chi connectivity index (χ4n) is 4.40. The van der Waals surface area contributed by atoms with Gasteiger partial charge in [-0.15, -0.1) is 4.31 Å². The molecule has 0 radical (unpaired) electrons. The number of hydrogen-bond acceptors (Lipinski definition) is 4. The Balaban J connectivity index is 1.53. The fourth-order valence-corrected chi connectivity index (χ4v) is 5.38. The third kappa shape index (κ3) is 3.93. The minimum Gasteiger partial charge on any atom is -0.598 e. The second-order valence-electron chi connectivity index (χ2n) is 7.83. The number of benzene rings is 1. The lowest BCUT2D eigenvalue weighted by Crippen LogP contribution is -2.39. The van der Waals surface area contributed by atoms with Gasteiger partial charge in [-0.1, -0.05) is 0 Å². The van der Waals surface area contributed by atoms with Gasteiger partial charge < -0.3 is 9.45 Å². The smallest absolute Gasteiger partial charge is 0.227 e. The molecule has 29 heavy (non-hydrogen) atoms.